The lowest BCUT2D eigenvalue weighted by Crippen LogP contribution is -2.52. The molecule has 2 amide bonds. The van der Waals surface area contributed by atoms with Crippen LogP contribution in [0.15, 0.2) is 29.4 Å². The van der Waals surface area contributed by atoms with E-state index in [4.69, 9.17) is 5.73 Å². The summed E-state index contributed by atoms with van der Waals surface area (Å²) in [5.41, 5.74) is 5.21. The summed E-state index contributed by atoms with van der Waals surface area (Å²) in [6.07, 6.45) is 2.88. The van der Waals surface area contributed by atoms with Crippen LogP contribution in [-0.4, -0.2) is 54.4 Å². The number of primary amides is 1. The summed E-state index contributed by atoms with van der Waals surface area (Å²) in [4.78, 5) is 40.7. The molecular weight excluding hydrogens is 384 g/mol. The van der Waals surface area contributed by atoms with Gasteiger partial charge in [0, 0.05) is 12.1 Å². The van der Waals surface area contributed by atoms with E-state index in [1.807, 2.05) is 0 Å². The van der Waals surface area contributed by atoms with Crippen molar-refractivity contribution in [3.63, 3.8) is 0 Å². The minimum atomic E-state index is -4.37. The number of nitrogens with one attached hydrogen (secondary N) is 1. The standard InChI is InChI=1S/C18H25N4O5S/c1-12-8-10-20-11-14(23)17(12)22(16(24)7-6-13(2)18(19)25)28(26,27)15-5-3-4-9-21-15/h3-5,7,9,12-13,17,20H,6,8,10-11H2,1-2H3,(H2,19,25)/t12?,13?,17-/m0/s1. The first-order chi connectivity index (χ1) is 13.2. The van der Waals surface area contributed by atoms with Crippen molar-refractivity contribution >= 4 is 27.6 Å². The highest BCUT2D eigenvalue weighted by molar-refractivity contribution is 7.89. The number of hydrogen-bond acceptors (Lipinski definition) is 7. The number of ketones is 1. The van der Waals surface area contributed by atoms with Crippen LogP contribution in [0.25, 0.3) is 0 Å². The van der Waals surface area contributed by atoms with Gasteiger partial charge in [-0.1, -0.05) is 19.9 Å². The highest BCUT2D eigenvalue weighted by Crippen LogP contribution is 2.26. The van der Waals surface area contributed by atoms with Gasteiger partial charge >= 0.3 is 0 Å². The van der Waals surface area contributed by atoms with Crippen LogP contribution in [0.1, 0.15) is 26.7 Å². The maximum absolute atomic E-state index is 13.2. The average molecular weight is 409 g/mol. The van der Waals surface area contributed by atoms with Crippen molar-refractivity contribution in [3.8, 4) is 0 Å². The lowest BCUT2D eigenvalue weighted by Gasteiger charge is -2.32. The van der Waals surface area contributed by atoms with E-state index in [1.54, 1.807) is 13.0 Å². The molecule has 1 aromatic rings. The van der Waals surface area contributed by atoms with E-state index in [1.165, 1.54) is 25.3 Å². The zero-order chi connectivity index (χ0) is 20.9. The van der Waals surface area contributed by atoms with E-state index in [0.717, 1.165) is 6.42 Å². The van der Waals surface area contributed by atoms with Crippen LogP contribution >= 0.6 is 0 Å². The Bertz CT molecular complexity index is 828. The van der Waals surface area contributed by atoms with Gasteiger partial charge in [-0.3, -0.25) is 14.4 Å². The van der Waals surface area contributed by atoms with E-state index in [0.29, 0.717) is 17.3 Å². The third kappa shape index (κ3) is 4.93. The topological polar surface area (TPSA) is 140 Å². The van der Waals surface area contributed by atoms with Gasteiger partial charge in [-0.15, -0.1) is 0 Å². The lowest BCUT2D eigenvalue weighted by molar-refractivity contribution is -0.133. The SMILES string of the molecule is CC(C[CH]C(=O)N([C@@H]1C(=O)CNCCC1C)S(=O)(=O)c1ccccn1)C(N)=O. The molecule has 28 heavy (non-hydrogen) atoms. The number of aromatic nitrogens is 1. The Kier molecular flexibility index (Phi) is 7.25. The van der Waals surface area contributed by atoms with Gasteiger partial charge in [0.15, 0.2) is 10.8 Å². The Hall–Kier alpha value is -2.33. The van der Waals surface area contributed by atoms with Gasteiger partial charge in [0.2, 0.25) is 11.8 Å². The van der Waals surface area contributed by atoms with Crippen molar-refractivity contribution in [1.82, 2.24) is 14.6 Å². The highest BCUT2D eigenvalue weighted by Gasteiger charge is 2.43. The van der Waals surface area contributed by atoms with E-state index in [2.05, 4.69) is 10.3 Å². The van der Waals surface area contributed by atoms with E-state index < -0.39 is 39.6 Å². The first kappa shape index (κ1) is 22.0. The normalized spacial score (nSPS) is 21.6. The van der Waals surface area contributed by atoms with Crippen LogP contribution in [0.4, 0.5) is 0 Å². The lowest BCUT2D eigenvalue weighted by atomic mass is 9.95. The molecule has 1 aliphatic rings. The third-order valence-corrected chi connectivity index (χ3v) is 6.40. The largest absolute Gasteiger partial charge is 0.369 e. The minimum Gasteiger partial charge on any atom is -0.369 e. The monoisotopic (exact) mass is 409 g/mol. The zero-order valence-electron chi connectivity index (χ0n) is 15.9. The summed E-state index contributed by atoms with van der Waals surface area (Å²) < 4.78 is 27.0. The first-order valence-corrected chi connectivity index (χ1v) is 10.5. The molecule has 0 aromatic carbocycles. The molecule has 3 N–H and O–H groups in total. The molecule has 2 unspecified atom stereocenters. The number of carbonyl (C=O) groups is 3. The van der Waals surface area contributed by atoms with Gasteiger partial charge in [0.05, 0.1) is 13.0 Å². The first-order valence-electron chi connectivity index (χ1n) is 9.01. The van der Waals surface area contributed by atoms with E-state index in [9.17, 15) is 22.8 Å². The van der Waals surface area contributed by atoms with Crippen LogP contribution in [0.3, 0.4) is 0 Å². The van der Waals surface area contributed by atoms with Crippen LogP contribution < -0.4 is 11.1 Å². The van der Waals surface area contributed by atoms with Gasteiger partial charge in [-0.2, -0.15) is 8.42 Å². The predicted molar refractivity (Wildman–Crippen MR) is 101 cm³/mol. The van der Waals surface area contributed by atoms with Crippen molar-refractivity contribution < 1.29 is 22.8 Å². The number of Topliss-reactive ketones (excluding diaryl/α,β-unsaturated/α-hetero) is 1. The Morgan fingerprint density at radius 3 is 2.75 bits per heavy atom. The fourth-order valence-corrected chi connectivity index (χ4v) is 4.55. The molecule has 1 fully saturated rings. The molecule has 1 aromatic heterocycles. The fraction of sp³-hybridized carbons (Fsp3) is 0.500. The molecule has 153 valence electrons. The van der Waals surface area contributed by atoms with Gasteiger partial charge in [-0.25, -0.2) is 9.29 Å². The molecule has 1 radical (unpaired) electrons. The molecule has 3 atom stereocenters. The summed E-state index contributed by atoms with van der Waals surface area (Å²) in [7, 11) is -4.37. The minimum absolute atomic E-state index is 0.0318. The van der Waals surface area contributed by atoms with Crippen LogP contribution in [-0.2, 0) is 24.4 Å². The number of carbonyl (C=O) groups excluding carboxylic acids is 3. The molecule has 2 rings (SSSR count). The summed E-state index contributed by atoms with van der Waals surface area (Å²) in [5, 5.41) is 2.62. The molecule has 0 bridgehead atoms. The second-order valence-corrected chi connectivity index (χ2v) is 8.67. The van der Waals surface area contributed by atoms with Gasteiger partial charge in [0.25, 0.3) is 10.0 Å². The predicted octanol–water partition coefficient (Wildman–Crippen LogP) is -0.118. The summed E-state index contributed by atoms with van der Waals surface area (Å²) in [5.74, 6) is -2.90. The second-order valence-electron chi connectivity index (χ2n) is 6.90. The van der Waals surface area contributed by atoms with Crippen LogP contribution in [0, 0.1) is 18.3 Å². The van der Waals surface area contributed by atoms with Gasteiger partial charge in [0.1, 0.15) is 6.04 Å². The molecule has 10 heteroatoms. The van der Waals surface area contributed by atoms with Gasteiger partial charge < -0.3 is 11.1 Å². The molecule has 1 aliphatic heterocycles. The maximum atomic E-state index is 13.2. The third-order valence-electron chi connectivity index (χ3n) is 4.71. The van der Waals surface area contributed by atoms with Crippen molar-refractivity contribution in [2.45, 2.75) is 37.8 Å². The number of hydrogen-bond donors (Lipinski definition) is 2. The molecule has 2 heterocycles. The smallest absolute Gasteiger partial charge is 0.284 e. The molecule has 0 aliphatic carbocycles. The number of nitrogens with two attached hydrogens (primary N) is 1. The molecule has 1 saturated heterocycles. The van der Waals surface area contributed by atoms with Gasteiger partial charge in [-0.05, 0) is 37.4 Å². The van der Waals surface area contributed by atoms with Crippen molar-refractivity contribution in [2.24, 2.45) is 17.6 Å². The Labute approximate surface area is 164 Å². The zero-order valence-corrected chi connectivity index (χ0v) is 16.7. The number of amides is 2. The Morgan fingerprint density at radius 1 is 1.43 bits per heavy atom. The Morgan fingerprint density at radius 2 is 2.14 bits per heavy atom. The molecule has 0 spiro atoms. The fourth-order valence-electron chi connectivity index (χ4n) is 2.97. The molecular formula is C18H25N4O5S. The number of rotatable bonds is 7. The molecule has 9 nitrogen and oxygen atoms in total. The quantitative estimate of drug-likeness (QED) is 0.640. The number of pyridine rings is 1. The molecule has 0 saturated carbocycles. The summed E-state index contributed by atoms with van der Waals surface area (Å²) in [6.45, 7) is 3.77. The average Bonchev–Trinajstić information content (AvgIpc) is 2.82. The second kappa shape index (κ2) is 9.24. The summed E-state index contributed by atoms with van der Waals surface area (Å²) >= 11 is 0. The maximum Gasteiger partial charge on any atom is 0.284 e. The van der Waals surface area contributed by atoms with Crippen molar-refractivity contribution in [3.05, 3.63) is 30.8 Å². The Balaban J connectivity index is 2.44. The van der Waals surface area contributed by atoms with Crippen LogP contribution in [0.2, 0.25) is 0 Å². The number of sulfonamides is 1. The van der Waals surface area contributed by atoms with Crippen LogP contribution in [0.5, 0.6) is 0 Å². The highest BCUT2D eigenvalue weighted by atomic mass is 32.2. The summed E-state index contributed by atoms with van der Waals surface area (Å²) in [6, 6.07) is 3.15. The number of nitrogens with zero attached hydrogens (tertiary/aromatic N) is 2. The van der Waals surface area contributed by atoms with Crippen molar-refractivity contribution in [2.75, 3.05) is 13.1 Å². The van der Waals surface area contributed by atoms with E-state index in [-0.39, 0.29) is 23.9 Å². The van der Waals surface area contributed by atoms with Crippen molar-refractivity contribution in [1.29, 1.82) is 0 Å². The van der Waals surface area contributed by atoms with E-state index >= 15 is 0 Å².